The molecule has 122 valence electrons. The minimum atomic E-state index is -0.00434. The predicted molar refractivity (Wildman–Crippen MR) is 91.1 cm³/mol. The Morgan fingerprint density at radius 1 is 1.21 bits per heavy atom. The molecule has 3 heterocycles. The number of amides is 1. The van der Waals surface area contributed by atoms with E-state index in [1.807, 2.05) is 29.2 Å². The molecule has 0 unspecified atom stereocenters. The van der Waals surface area contributed by atoms with Crippen LogP contribution < -0.4 is 0 Å². The van der Waals surface area contributed by atoms with Crippen LogP contribution in [0.3, 0.4) is 0 Å². The van der Waals surface area contributed by atoms with Crippen LogP contribution in [0.1, 0.15) is 35.0 Å². The molecule has 6 heteroatoms. The highest BCUT2D eigenvalue weighted by Crippen LogP contribution is 2.30. The number of carbonyl (C=O) groups is 1. The zero-order chi connectivity index (χ0) is 16.5. The number of fused-ring (bicyclic) bond motifs is 1. The lowest BCUT2D eigenvalue weighted by Gasteiger charge is -2.30. The summed E-state index contributed by atoms with van der Waals surface area (Å²) in [6, 6.07) is 11.1. The van der Waals surface area contributed by atoms with Gasteiger partial charge in [-0.2, -0.15) is 0 Å². The first-order valence-electron chi connectivity index (χ1n) is 7.97. The Balaban J connectivity index is 1.45. The minimum absolute atomic E-state index is 0.00434. The molecule has 0 bridgehead atoms. The van der Waals surface area contributed by atoms with Crippen LogP contribution >= 0.6 is 11.6 Å². The maximum Gasteiger partial charge on any atom is 0.254 e. The van der Waals surface area contributed by atoms with Gasteiger partial charge in [-0.25, -0.2) is 9.97 Å². The topological polar surface area (TPSA) is 59.2 Å². The van der Waals surface area contributed by atoms with Crippen LogP contribution in [0.4, 0.5) is 0 Å². The highest BCUT2D eigenvalue weighted by molar-refractivity contribution is 6.29. The highest BCUT2D eigenvalue weighted by Gasteiger charge is 2.27. The Kier molecular flexibility index (Phi) is 3.94. The van der Waals surface area contributed by atoms with Gasteiger partial charge in [-0.1, -0.05) is 23.7 Å². The third-order valence-electron chi connectivity index (χ3n) is 4.42. The van der Waals surface area contributed by atoms with Crippen LogP contribution in [-0.4, -0.2) is 33.9 Å². The lowest BCUT2D eigenvalue weighted by Crippen LogP contribution is -2.38. The standard InChI is InChI=1S/C18H16ClN3O2/c19-16-11-13(5-8-20-16)18(23)22-9-6-12(7-10-22)17-21-14-3-1-2-4-15(14)24-17/h1-5,8,11-12H,6-7,9-10H2. The molecule has 1 aliphatic rings. The Hall–Kier alpha value is -2.40. The second-order valence-corrected chi connectivity index (χ2v) is 6.34. The number of likely N-dealkylation sites (tertiary alicyclic amines) is 1. The molecule has 1 fully saturated rings. The summed E-state index contributed by atoms with van der Waals surface area (Å²) < 4.78 is 5.86. The van der Waals surface area contributed by atoms with Gasteiger partial charge >= 0.3 is 0 Å². The summed E-state index contributed by atoms with van der Waals surface area (Å²) in [6.07, 6.45) is 3.25. The summed E-state index contributed by atoms with van der Waals surface area (Å²) in [5.41, 5.74) is 2.28. The molecular formula is C18H16ClN3O2. The number of benzene rings is 1. The maximum atomic E-state index is 12.5. The van der Waals surface area contributed by atoms with Crippen molar-refractivity contribution in [3.8, 4) is 0 Å². The van der Waals surface area contributed by atoms with E-state index >= 15 is 0 Å². The van der Waals surface area contributed by atoms with Gasteiger partial charge in [-0.05, 0) is 37.1 Å². The second kappa shape index (κ2) is 6.24. The van der Waals surface area contributed by atoms with Gasteiger partial charge < -0.3 is 9.32 Å². The van der Waals surface area contributed by atoms with E-state index < -0.39 is 0 Å². The monoisotopic (exact) mass is 341 g/mol. The molecule has 0 spiro atoms. The molecule has 3 aromatic rings. The van der Waals surface area contributed by atoms with E-state index in [0.717, 1.165) is 29.8 Å². The number of nitrogens with zero attached hydrogens (tertiary/aromatic N) is 3. The van der Waals surface area contributed by atoms with Gasteiger partial charge in [0.2, 0.25) is 0 Å². The third kappa shape index (κ3) is 2.87. The molecule has 0 N–H and O–H groups in total. The van der Waals surface area contributed by atoms with Crippen molar-refractivity contribution in [1.82, 2.24) is 14.9 Å². The zero-order valence-corrected chi connectivity index (χ0v) is 13.7. The number of para-hydroxylation sites is 2. The molecule has 24 heavy (non-hydrogen) atoms. The molecule has 4 rings (SSSR count). The van der Waals surface area contributed by atoms with E-state index in [1.54, 1.807) is 18.3 Å². The average Bonchev–Trinajstić information content (AvgIpc) is 3.05. The van der Waals surface area contributed by atoms with Crippen LogP contribution in [0, 0.1) is 0 Å². The lowest BCUT2D eigenvalue weighted by atomic mass is 9.96. The third-order valence-corrected chi connectivity index (χ3v) is 4.62. The van der Waals surface area contributed by atoms with Crippen molar-refractivity contribution in [2.75, 3.05) is 13.1 Å². The van der Waals surface area contributed by atoms with Crippen LogP contribution in [0.15, 0.2) is 47.0 Å². The fraction of sp³-hybridized carbons (Fsp3) is 0.278. The number of aromatic nitrogens is 2. The first-order chi connectivity index (χ1) is 11.7. The SMILES string of the molecule is O=C(c1ccnc(Cl)c1)N1CCC(c2nc3ccccc3o2)CC1. The summed E-state index contributed by atoms with van der Waals surface area (Å²) in [4.78, 5) is 22.9. The molecule has 0 radical (unpaired) electrons. The number of hydrogen-bond donors (Lipinski definition) is 0. The highest BCUT2D eigenvalue weighted by atomic mass is 35.5. The molecule has 1 aliphatic heterocycles. The lowest BCUT2D eigenvalue weighted by molar-refractivity contribution is 0.0706. The maximum absolute atomic E-state index is 12.5. The fourth-order valence-corrected chi connectivity index (χ4v) is 3.29. The van der Waals surface area contributed by atoms with Crippen molar-refractivity contribution in [2.45, 2.75) is 18.8 Å². The van der Waals surface area contributed by atoms with Crippen LogP contribution in [0.5, 0.6) is 0 Å². The molecule has 1 saturated heterocycles. The molecule has 1 amide bonds. The number of carbonyl (C=O) groups excluding carboxylic acids is 1. The molecule has 2 aromatic heterocycles. The molecule has 0 atom stereocenters. The zero-order valence-electron chi connectivity index (χ0n) is 13.0. The number of halogens is 1. The van der Waals surface area contributed by atoms with Crippen molar-refractivity contribution in [3.05, 3.63) is 59.2 Å². The molecular weight excluding hydrogens is 326 g/mol. The molecule has 5 nitrogen and oxygen atoms in total. The largest absolute Gasteiger partial charge is 0.440 e. The normalized spacial score (nSPS) is 15.8. The molecule has 0 saturated carbocycles. The first kappa shape index (κ1) is 15.1. The summed E-state index contributed by atoms with van der Waals surface area (Å²) in [7, 11) is 0. The summed E-state index contributed by atoms with van der Waals surface area (Å²) >= 11 is 5.87. The summed E-state index contributed by atoms with van der Waals surface area (Å²) in [5, 5.41) is 0.335. The minimum Gasteiger partial charge on any atom is -0.440 e. The van der Waals surface area contributed by atoms with E-state index in [4.69, 9.17) is 16.0 Å². The number of piperidine rings is 1. The number of oxazole rings is 1. The van der Waals surface area contributed by atoms with Crippen LogP contribution in [-0.2, 0) is 0 Å². The van der Waals surface area contributed by atoms with E-state index in [-0.39, 0.29) is 11.8 Å². The van der Waals surface area contributed by atoms with E-state index in [1.165, 1.54) is 0 Å². The first-order valence-corrected chi connectivity index (χ1v) is 8.35. The quantitative estimate of drug-likeness (QED) is 0.663. The predicted octanol–water partition coefficient (Wildman–Crippen LogP) is 3.90. The second-order valence-electron chi connectivity index (χ2n) is 5.95. The smallest absolute Gasteiger partial charge is 0.254 e. The number of rotatable bonds is 2. The van der Waals surface area contributed by atoms with Crippen molar-refractivity contribution < 1.29 is 9.21 Å². The van der Waals surface area contributed by atoms with E-state index in [0.29, 0.717) is 23.8 Å². The Bertz CT molecular complexity index is 852. The van der Waals surface area contributed by atoms with Gasteiger partial charge in [0, 0.05) is 30.8 Å². The molecule has 0 aliphatic carbocycles. The van der Waals surface area contributed by atoms with Crippen molar-refractivity contribution in [2.24, 2.45) is 0 Å². The van der Waals surface area contributed by atoms with Crippen molar-refractivity contribution >= 4 is 28.6 Å². The van der Waals surface area contributed by atoms with Crippen LogP contribution in [0.25, 0.3) is 11.1 Å². The van der Waals surface area contributed by atoms with E-state index in [2.05, 4.69) is 9.97 Å². The Morgan fingerprint density at radius 2 is 2.00 bits per heavy atom. The van der Waals surface area contributed by atoms with Crippen LogP contribution in [0.2, 0.25) is 5.15 Å². The summed E-state index contributed by atoms with van der Waals surface area (Å²) in [5.74, 6) is 1.02. The molecule has 1 aromatic carbocycles. The number of pyridine rings is 1. The Morgan fingerprint density at radius 3 is 2.75 bits per heavy atom. The van der Waals surface area contributed by atoms with Crippen molar-refractivity contribution in [1.29, 1.82) is 0 Å². The van der Waals surface area contributed by atoms with Gasteiger partial charge in [0.15, 0.2) is 11.5 Å². The van der Waals surface area contributed by atoms with Gasteiger partial charge in [0.25, 0.3) is 5.91 Å². The van der Waals surface area contributed by atoms with Gasteiger partial charge in [-0.3, -0.25) is 4.79 Å². The fourth-order valence-electron chi connectivity index (χ4n) is 3.11. The van der Waals surface area contributed by atoms with Gasteiger partial charge in [0.1, 0.15) is 10.7 Å². The van der Waals surface area contributed by atoms with Gasteiger partial charge in [-0.15, -0.1) is 0 Å². The number of hydrogen-bond acceptors (Lipinski definition) is 4. The van der Waals surface area contributed by atoms with E-state index in [9.17, 15) is 4.79 Å². The Labute approximate surface area is 144 Å². The van der Waals surface area contributed by atoms with Gasteiger partial charge in [0.05, 0.1) is 0 Å². The summed E-state index contributed by atoms with van der Waals surface area (Å²) in [6.45, 7) is 1.37. The average molecular weight is 342 g/mol. The van der Waals surface area contributed by atoms with Crippen molar-refractivity contribution in [3.63, 3.8) is 0 Å².